The Bertz CT molecular complexity index is 857. The van der Waals surface area contributed by atoms with Crippen molar-refractivity contribution in [3.05, 3.63) is 47.1 Å². The van der Waals surface area contributed by atoms with Crippen LogP contribution in [0.5, 0.6) is 0 Å². The third-order valence-electron chi connectivity index (χ3n) is 6.06. The molecule has 2 atom stereocenters. The van der Waals surface area contributed by atoms with Gasteiger partial charge >= 0.3 is 0 Å². The number of carbonyl (C=O) groups excluding carboxylic acids is 1. The standard InChI is InChI=1S/C21H26FN3O2/c1-13-19(14(2)27-23-13)20(26)24-9-8-18-15(12-24)11-21(3,4)25(18)17-7-5-6-16(22)10-17/h5-7,10,15,18H,8-9,11-12H2,1-4H3/t15-,18+/m1/s1. The fraction of sp³-hybridized carbons (Fsp3) is 0.524. The third-order valence-corrected chi connectivity index (χ3v) is 6.06. The Morgan fingerprint density at radius 1 is 1.33 bits per heavy atom. The normalized spacial score (nSPS) is 24.2. The summed E-state index contributed by atoms with van der Waals surface area (Å²) in [5.74, 6) is 0.735. The van der Waals surface area contributed by atoms with E-state index in [2.05, 4.69) is 23.9 Å². The number of hydrogen-bond acceptors (Lipinski definition) is 4. The highest BCUT2D eigenvalue weighted by Crippen LogP contribution is 2.45. The number of amides is 1. The van der Waals surface area contributed by atoms with Crippen molar-refractivity contribution in [1.29, 1.82) is 0 Å². The Balaban J connectivity index is 1.57. The maximum absolute atomic E-state index is 13.8. The van der Waals surface area contributed by atoms with Crippen molar-refractivity contribution >= 4 is 11.6 Å². The minimum atomic E-state index is -0.210. The zero-order chi connectivity index (χ0) is 19.3. The molecular formula is C21H26FN3O2. The lowest BCUT2D eigenvalue weighted by atomic mass is 9.89. The largest absolute Gasteiger partial charge is 0.363 e. The molecule has 2 aliphatic rings. The van der Waals surface area contributed by atoms with Gasteiger partial charge in [-0.2, -0.15) is 0 Å². The maximum atomic E-state index is 13.8. The molecule has 1 amide bonds. The molecule has 0 saturated carbocycles. The van der Waals surface area contributed by atoms with Gasteiger partial charge < -0.3 is 14.3 Å². The summed E-state index contributed by atoms with van der Waals surface area (Å²) in [6, 6.07) is 7.16. The van der Waals surface area contributed by atoms with Gasteiger partial charge in [-0.15, -0.1) is 0 Å². The number of rotatable bonds is 2. The van der Waals surface area contributed by atoms with Crippen molar-refractivity contribution in [2.45, 2.75) is 52.1 Å². The smallest absolute Gasteiger partial charge is 0.259 e. The maximum Gasteiger partial charge on any atom is 0.259 e. The molecule has 6 heteroatoms. The summed E-state index contributed by atoms with van der Waals surface area (Å²) in [6.45, 7) is 9.40. The highest BCUT2D eigenvalue weighted by Gasteiger charge is 2.49. The molecule has 1 aromatic carbocycles. The quantitative estimate of drug-likeness (QED) is 0.802. The van der Waals surface area contributed by atoms with Crippen LogP contribution in [0.1, 0.15) is 48.5 Å². The van der Waals surface area contributed by atoms with Gasteiger partial charge in [0.2, 0.25) is 0 Å². The van der Waals surface area contributed by atoms with Crippen LogP contribution < -0.4 is 4.90 Å². The number of aryl methyl sites for hydroxylation is 2. The first-order valence-electron chi connectivity index (χ1n) is 9.55. The number of nitrogens with zero attached hydrogens (tertiary/aromatic N) is 3. The van der Waals surface area contributed by atoms with Gasteiger partial charge in [-0.25, -0.2) is 4.39 Å². The van der Waals surface area contributed by atoms with Crippen molar-refractivity contribution < 1.29 is 13.7 Å². The van der Waals surface area contributed by atoms with E-state index in [4.69, 9.17) is 4.52 Å². The molecule has 144 valence electrons. The van der Waals surface area contributed by atoms with E-state index in [1.54, 1.807) is 26.0 Å². The number of fused-ring (bicyclic) bond motifs is 1. The van der Waals surface area contributed by atoms with Gasteiger partial charge in [0.25, 0.3) is 5.91 Å². The summed E-state index contributed by atoms with van der Waals surface area (Å²) in [7, 11) is 0. The average molecular weight is 371 g/mol. The van der Waals surface area contributed by atoms with Crippen molar-refractivity contribution in [1.82, 2.24) is 10.1 Å². The Kier molecular flexibility index (Phi) is 4.24. The van der Waals surface area contributed by atoms with Crippen LogP contribution >= 0.6 is 0 Å². The van der Waals surface area contributed by atoms with E-state index >= 15 is 0 Å². The highest BCUT2D eigenvalue weighted by molar-refractivity contribution is 5.96. The van der Waals surface area contributed by atoms with E-state index in [9.17, 15) is 9.18 Å². The van der Waals surface area contributed by atoms with Crippen molar-refractivity contribution in [2.75, 3.05) is 18.0 Å². The predicted octanol–water partition coefficient (Wildman–Crippen LogP) is 3.95. The Hall–Kier alpha value is -2.37. The molecule has 0 aliphatic carbocycles. The number of hydrogen-bond donors (Lipinski definition) is 0. The van der Waals surface area contributed by atoms with Gasteiger partial charge in [0.05, 0.1) is 5.69 Å². The third kappa shape index (κ3) is 3.01. The second-order valence-corrected chi connectivity index (χ2v) is 8.43. The Morgan fingerprint density at radius 3 is 2.78 bits per heavy atom. The molecule has 2 fully saturated rings. The summed E-state index contributed by atoms with van der Waals surface area (Å²) >= 11 is 0. The zero-order valence-electron chi connectivity index (χ0n) is 16.3. The fourth-order valence-electron chi connectivity index (χ4n) is 5.05. The van der Waals surface area contributed by atoms with Gasteiger partial charge in [0.1, 0.15) is 17.1 Å². The number of piperidine rings is 1. The van der Waals surface area contributed by atoms with Gasteiger partial charge in [-0.3, -0.25) is 4.79 Å². The second-order valence-electron chi connectivity index (χ2n) is 8.43. The molecule has 0 N–H and O–H groups in total. The van der Waals surface area contributed by atoms with E-state index in [0.29, 0.717) is 42.1 Å². The highest BCUT2D eigenvalue weighted by atomic mass is 19.1. The van der Waals surface area contributed by atoms with Crippen molar-refractivity contribution in [2.24, 2.45) is 5.92 Å². The van der Waals surface area contributed by atoms with Crippen LogP contribution in [0.15, 0.2) is 28.8 Å². The average Bonchev–Trinajstić information content (AvgIpc) is 3.07. The summed E-state index contributed by atoms with van der Waals surface area (Å²) in [6.07, 6.45) is 1.85. The molecule has 3 heterocycles. The molecule has 5 nitrogen and oxygen atoms in total. The minimum absolute atomic E-state index is 0.00621. The lowest BCUT2D eigenvalue weighted by molar-refractivity contribution is 0.0665. The lowest BCUT2D eigenvalue weighted by Crippen LogP contribution is -2.50. The Morgan fingerprint density at radius 2 is 2.11 bits per heavy atom. The van der Waals surface area contributed by atoms with Crippen LogP contribution in [-0.2, 0) is 0 Å². The number of carbonyl (C=O) groups is 1. The van der Waals surface area contributed by atoms with E-state index in [1.165, 1.54) is 6.07 Å². The molecule has 27 heavy (non-hydrogen) atoms. The van der Waals surface area contributed by atoms with E-state index < -0.39 is 0 Å². The molecule has 0 radical (unpaired) electrons. The molecular weight excluding hydrogens is 345 g/mol. The number of halogens is 1. The van der Waals surface area contributed by atoms with Crippen LogP contribution in [0.4, 0.5) is 10.1 Å². The SMILES string of the molecule is Cc1noc(C)c1C(=O)N1CC[C@H]2[C@@H](C1)CC(C)(C)N2c1cccc(F)c1. The first-order valence-corrected chi connectivity index (χ1v) is 9.55. The van der Waals surface area contributed by atoms with Gasteiger partial charge in [0.15, 0.2) is 0 Å². The number of anilines is 1. The summed E-state index contributed by atoms with van der Waals surface area (Å²) in [5, 5.41) is 3.92. The molecule has 4 rings (SSSR count). The van der Waals surface area contributed by atoms with E-state index in [1.807, 2.05) is 11.0 Å². The Labute approximate surface area is 159 Å². The van der Waals surface area contributed by atoms with Crippen LogP contribution in [0.25, 0.3) is 0 Å². The first kappa shape index (κ1) is 18.0. The number of benzene rings is 1. The first-order chi connectivity index (χ1) is 12.8. The van der Waals surface area contributed by atoms with Gasteiger partial charge in [-0.05, 0) is 64.7 Å². The van der Waals surface area contributed by atoms with Crippen LogP contribution in [-0.4, -0.2) is 40.6 Å². The minimum Gasteiger partial charge on any atom is -0.363 e. The predicted molar refractivity (Wildman–Crippen MR) is 101 cm³/mol. The molecule has 1 aromatic heterocycles. The summed E-state index contributed by atoms with van der Waals surface area (Å²) in [4.78, 5) is 17.3. The molecule has 0 bridgehead atoms. The second kappa shape index (κ2) is 6.36. The van der Waals surface area contributed by atoms with E-state index in [0.717, 1.165) is 18.5 Å². The fourth-order valence-corrected chi connectivity index (χ4v) is 5.05. The lowest BCUT2D eigenvalue weighted by Gasteiger charge is -2.41. The number of likely N-dealkylation sites (tertiary alicyclic amines) is 1. The van der Waals surface area contributed by atoms with Crippen LogP contribution in [0.2, 0.25) is 0 Å². The molecule has 2 aromatic rings. The summed E-state index contributed by atoms with van der Waals surface area (Å²) < 4.78 is 19.0. The van der Waals surface area contributed by atoms with Crippen molar-refractivity contribution in [3.63, 3.8) is 0 Å². The van der Waals surface area contributed by atoms with Gasteiger partial charge in [0, 0.05) is 30.4 Å². The van der Waals surface area contributed by atoms with Crippen LogP contribution in [0, 0.1) is 25.6 Å². The summed E-state index contributed by atoms with van der Waals surface area (Å²) in [5.41, 5.74) is 2.09. The zero-order valence-corrected chi connectivity index (χ0v) is 16.3. The van der Waals surface area contributed by atoms with Crippen molar-refractivity contribution in [3.8, 4) is 0 Å². The van der Waals surface area contributed by atoms with E-state index in [-0.39, 0.29) is 17.3 Å². The molecule has 2 aliphatic heterocycles. The van der Waals surface area contributed by atoms with Crippen LogP contribution in [0.3, 0.4) is 0 Å². The molecule has 0 spiro atoms. The topological polar surface area (TPSA) is 49.6 Å². The monoisotopic (exact) mass is 371 g/mol. The number of aromatic nitrogens is 1. The molecule has 0 unspecified atom stereocenters. The molecule has 2 saturated heterocycles. The van der Waals surface area contributed by atoms with Gasteiger partial charge in [-0.1, -0.05) is 11.2 Å².